The molecule has 3 nitrogen and oxygen atoms in total. The minimum Gasteiger partial charge on any atom is -0.316 e. The summed E-state index contributed by atoms with van der Waals surface area (Å²) in [7, 11) is 1.91. The van der Waals surface area contributed by atoms with Crippen LogP contribution in [0.3, 0.4) is 0 Å². The van der Waals surface area contributed by atoms with Gasteiger partial charge in [0.05, 0.1) is 5.69 Å². The first-order chi connectivity index (χ1) is 8.08. The van der Waals surface area contributed by atoms with Crippen molar-refractivity contribution < 1.29 is 0 Å². The Bertz CT molecular complexity index is 394. The highest BCUT2D eigenvalue weighted by Gasteiger charge is 2.37. The SMILES string of the molecule is CCNCC1(Cc2c(C)nn(C)c2Cl)CCC1. The number of aromatic nitrogens is 2. The second-order valence-corrected chi connectivity index (χ2v) is 5.65. The summed E-state index contributed by atoms with van der Waals surface area (Å²) in [6, 6.07) is 0. The van der Waals surface area contributed by atoms with E-state index in [0.29, 0.717) is 5.41 Å². The zero-order valence-electron chi connectivity index (χ0n) is 11.0. The molecule has 0 aromatic carbocycles. The number of hydrogen-bond acceptors (Lipinski definition) is 2. The Morgan fingerprint density at radius 2 is 2.18 bits per heavy atom. The largest absolute Gasteiger partial charge is 0.316 e. The molecule has 1 saturated carbocycles. The molecule has 2 rings (SSSR count). The van der Waals surface area contributed by atoms with Gasteiger partial charge in [-0.05, 0) is 38.1 Å². The van der Waals surface area contributed by atoms with Crippen LogP contribution < -0.4 is 5.32 Å². The summed E-state index contributed by atoms with van der Waals surface area (Å²) in [5.74, 6) is 0. The summed E-state index contributed by atoms with van der Waals surface area (Å²) in [6.07, 6.45) is 5.04. The van der Waals surface area contributed by atoms with Crippen LogP contribution in [-0.4, -0.2) is 22.9 Å². The summed E-state index contributed by atoms with van der Waals surface area (Å²) in [6.45, 7) is 6.37. The molecule has 0 atom stereocenters. The average molecular weight is 256 g/mol. The van der Waals surface area contributed by atoms with E-state index in [1.165, 1.54) is 24.8 Å². The van der Waals surface area contributed by atoms with Gasteiger partial charge in [-0.3, -0.25) is 4.68 Å². The van der Waals surface area contributed by atoms with Crippen LogP contribution in [-0.2, 0) is 13.5 Å². The minimum atomic E-state index is 0.424. The van der Waals surface area contributed by atoms with Gasteiger partial charge in [0.15, 0.2) is 0 Å². The maximum atomic E-state index is 6.32. The Morgan fingerprint density at radius 1 is 1.47 bits per heavy atom. The molecule has 1 aliphatic rings. The Hall–Kier alpha value is -0.540. The molecular weight excluding hydrogens is 234 g/mol. The van der Waals surface area contributed by atoms with Gasteiger partial charge in [0.1, 0.15) is 5.15 Å². The first-order valence-electron chi connectivity index (χ1n) is 6.47. The van der Waals surface area contributed by atoms with E-state index in [-0.39, 0.29) is 0 Å². The van der Waals surface area contributed by atoms with Crippen molar-refractivity contribution in [2.75, 3.05) is 13.1 Å². The van der Waals surface area contributed by atoms with Crippen LogP contribution in [0.15, 0.2) is 0 Å². The molecular formula is C13H22ClN3. The van der Waals surface area contributed by atoms with E-state index in [0.717, 1.165) is 30.4 Å². The Balaban J connectivity index is 2.12. The topological polar surface area (TPSA) is 29.9 Å². The van der Waals surface area contributed by atoms with Gasteiger partial charge in [-0.2, -0.15) is 5.10 Å². The molecule has 1 aliphatic carbocycles. The molecule has 96 valence electrons. The number of hydrogen-bond donors (Lipinski definition) is 1. The molecule has 17 heavy (non-hydrogen) atoms. The van der Waals surface area contributed by atoms with Gasteiger partial charge in [-0.1, -0.05) is 24.9 Å². The van der Waals surface area contributed by atoms with Crippen LogP contribution in [0.1, 0.15) is 37.4 Å². The lowest BCUT2D eigenvalue weighted by molar-refractivity contribution is 0.131. The highest BCUT2D eigenvalue weighted by atomic mass is 35.5. The number of rotatable bonds is 5. The molecule has 0 radical (unpaired) electrons. The number of nitrogens with one attached hydrogen (secondary N) is 1. The van der Waals surface area contributed by atoms with Gasteiger partial charge in [-0.15, -0.1) is 0 Å². The summed E-state index contributed by atoms with van der Waals surface area (Å²) in [4.78, 5) is 0. The standard InChI is InChI=1S/C13H22ClN3/c1-4-15-9-13(6-5-7-13)8-11-10(2)16-17(3)12(11)14/h15H,4-9H2,1-3H3. The monoisotopic (exact) mass is 255 g/mol. The zero-order valence-corrected chi connectivity index (χ0v) is 11.8. The summed E-state index contributed by atoms with van der Waals surface area (Å²) in [5.41, 5.74) is 2.75. The van der Waals surface area contributed by atoms with Crippen LogP contribution in [0, 0.1) is 12.3 Å². The lowest BCUT2D eigenvalue weighted by Crippen LogP contribution is -2.41. The quantitative estimate of drug-likeness (QED) is 0.877. The predicted octanol–water partition coefficient (Wildman–Crippen LogP) is 2.70. The number of halogens is 1. The molecule has 0 unspecified atom stereocenters. The Morgan fingerprint density at radius 3 is 2.59 bits per heavy atom. The summed E-state index contributed by atoms with van der Waals surface area (Å²) >= 11 is 6.32. The van der Waals surface area contributed by atoms with Gasteiger partial charge < -0.3 is 5.32 Å². The molecule has 0 amide bonds. The van der Waals surface area contributed by atoms with Crippen LogP contribution in [0.5, 0.6) is 0 Å². The van der Waals surface area contributed by atoms with Gasteiger partial charge in [-0.25, -0.2) is 0 Å². The van der Waals surface area contributed by atoms with E-state index >= 15 is 0 Å². The van der Waals surface area contributed by atoms with E-state index in [9.17, 15) is 0 Å². The highest BCUT2D eigenvalue weighted by Crippen LogP contribution is 2.44. The van der Waals surface area contributed by atoms with Crippen molar-refractivity contribution in [2.45, 2.75) is 39.5 Å². The molecule has 1 N–H and O–H groups in total. The number of aryl methyl sites for hydroxylation is 2. The van der Waals surface area contributed by atoms with Crippen LogP contribution >= 0.6 is 11.6 Å². The van der Waals surface area contributed by atoms with Gasteiger partial charge >= 0.3 is 0 Å². The van der Waals surface area contributed by atoms with Crippen LogP contribution in [0.25, 0.3) is 0 Å². The maximum absolute atomic E-state index is 6.32. The van der Waals surface area contributed by atoms with Gasteiger partial charge in [0.2, 0.25) is 0 Å². The van der Waals surface area contributed by atoms with Gasteiger partial charge in [0, 0.05) is 19.2 Å². The lowest BCUT2D eigenvalue weighted by Gasteiger charge is -2.42. The fourth-order valence-corrected chi connectivity index (χ4v) is 2.97. The molecule has 0 spiro atoms. The molecule has 1 fully saturated rings. The maximum Gasteiger partial charge on any atom is 0.130 e. The molecule has 0 bridgehead atoms. The Labute approximate surface area is 109 Å². The van der Waals surface area contributed by atoms with Crippen molar-refractivity contribution in [3.63, 3.8) is 0 Å². The zero-order chi connectivity index (χ0) is 12.5. The predicted molar refractivity (Wildman–Crippen MR) is 71.5 cm³/mol. The van der Waals surface area contributed by atoms with Crippen molar-refractivity contribution in [3.8, 4) is 0 Å². The van der Waals surface area contributed by atoms with E-state index in [1.54, 1.807) is 4.68 Å². The second kappa shape index (κ2) is 4.99. The second-order valence-electron chi connectivity index (χ2n) is 5.29. The minimum absolute atomic E-state index is 0.424. The van der Waals surface area contributed by atoms with Crippen LogP contribution in [0.4, 0.5) is 0 Å². The van der Waals surface area contributed by atoms with Crippen molar-refractivity contribution in [1.82, 2.24) is 15.1 Å². The van der Waals surface area contributed by atoms with E-state index in [4.69, 9.17) is 11.6 Å². The first kappa shape index (κ1) is 12.9. The van der Waals surface area contributed by atoms with Gasteiger partial charge in [0.25, 0.3) is 0 Å². The summed E-state index contributed by atoms with van der Waals surface area (Å²) in [5, 5.41) is 8.69. The molecule has 0 saturated heterocycles. The fraction of sp³-hybridized carbons (Fsp3) is 0.769. The van der Waals surface area contributed by atoms with E-state index in [2.05, 4.69) is 24.3 Å². The summed E-state index contributed by atoms with van der Waals surface area (Å²) < 4.78 is 1.78. The normalized spacial score (nSPS) is 18.1. The van der Waals surface area contributed by atoms with Crippen LogP contribution in [0.2, 0.25) is 5.15 Å². The highest BCUT2D eigenvalue weighted by molar-refractivity contribution is 6.30. The fourth-order valence-electron chi connectivity index (χ4n) is 2.73. The molecule has 1 aromatic rings. The lowest BCUT2D eigenvalue weighted by atomic mass is 9.65. The first-order valence-corrected chi connectivity index (χ1v) is 6.84. The third kappa shape index (κ3) is 2.50. The molecule has 1 aromatic heterocycles. The molecule has 4 heteroatoms. The van der Waals surface area contributed by atoms with Crippen molar-refractivity contribution >= 4 is 11.6 Å². The third-order valence-electron chi connectivity index (χ3n) is 3.99. The van der Waals surface area contributed by atoms with E-state index < -0.39 is 0 Å². The van der Waals surface area contributed by atoms with Crippen molar-refractivity contribution in [2.24, 2.45) is 12.5 Å². The molecule has 0 aliphatic heterocycles. The van der Waals surface area contributed by atoms with E-state index in [1.807, 2.05) is 7.05 Å². The Kier molecular flexibility index (Phi) is 3.79. The third-order valence-corrected chi connectivity index (χ3v) is 4.46. The number of nitrogens with zero attached hydrogens (tertiary/aromatic N) is 2. The smallest absolute Gasteiger partial charge is 0.130 e. The van der Waals surface area contributed by atoms with Crippen molar-refractivity contribution in [1.29, 1.82) is 0 Å². The molecule has 1 heterocycles. The average Bonchev–Trinajstić information content (AvgIpc) is 2.48. The van der Waals surface area contributed by atoms with Crippen molar-refractivity contribution in [3.05, 3.63) is 16.4 Å².